The van der Waals surface area contributed by atoms with Crippen LogP contribution in [0, 0.1) is 0 Å². The summed E-state index contributed by atoms with van der Waals surface area (Å²) in [5.41, 5.74) is 2.81. The first-order valence-electron chi connectivity index (χ1n) is 2.12. The zero-order chi connectivity index (χ0) is 5.98. The third kappa shape index (κ3) is 0.572. The Morgan fingerprint density at radius 3 is 2.75 bits per heavy atom. The van der Waals surface area contributed by atoms with Gasteiger partial charge in [0.15, 0.2) is 0 Å². The first kappa shape index (κ1) is 4.88. The van der Waals surface area contributed by atoms with Gasteiger partial charge in [-0.05, 0) is 6.08 Å². The lowest BCUT2D eigenvalue weighted by atomic mass is 10.3. The van der Waals surface area contributed by atoms with Gasteiger partial charge in [0.2, 0.25) is 0 Å². The summed E-state index contributed by atoms with van der Waals surface area (Å²) in [5.74, 6) is -0.375. The van der Waals surface area contributed by atoms with Gasteiger partial charge in [-0.15, -0.1) is 5.73 Å². The van der Waals surface area contributed by atoms with Crippen molar-refractivity contribution in [1.82, 2.24) is 0 Å². The van der Waals surface area contributed by atoms with Crippen LogP contribution in [0.2, 0.25) is 0 Å². The van der Waals surface area contributed by atoms with E-state index in [0.29, 0.717) is 5.57 Å². The minimum atomic E-state index is -0.375. The van der Waals surface area contributed by atoms with Crippen LogP contribution >= 0.6 is 0 Å². The Labute approximate surface area is 46.8 Å². The molecule has 0 aliphatic carbocycles. The zero-order valence-corrected chi connectivity index (χ0v) is 4.18. The van der Waals surface area contributed by atoms with Gasteiger partial charge in [-0.3, -0.25) is 0 Å². The monoisotopic (exact) mass is 108 g/mol. The molecule has 0 atom stereocenters. The highest BCUT2D eigenvalue weighted by atomic mass is 16.5. The van der Waals surface area contributed by atoms with Crippen LogP contribution in [0.25, 0.3) is 0 Å². The second-order valence-electron chi connectivity index (χ2n) is 1.30. The molecule has 2 heteroatoms. The number of hydrogen-bond acceptors (Lipinski definition) is 2. The van der Waals surface area contributed by atoms with E-state index < -0.39 is 0 Å². The molecule has 0 spiro atoms. The molecule has 1 heterocycles. The second-order valence-corrected chi connectivity index (χ2v) is 1.30. The molecule has 0 radical (unpaired) electrons. The predicted molar refractivity (Wildman–Crippen MR) is 27.9 cm³/mol. The van der Waals surface area contributed by atoms with E-state index in [4.69, 9.17) is 0 Å². The third-order valence-electron chi connectivity index (χ3n) is 0.820. The van der Waals surface area contributed by atoms with E-state index in [1.54, 1.807) is 0 Å². The summed E-state index contributed by atoms with van der Waals surface area (Å²) < 4.78 is 4.40. The standard InChI is InChI=1S/C6H4O2/c1-2-5-3-4-8-6(5)7/h3-4H,1H2. The summed E-state index contributed by atoms with van der Waals surface area (Å²) >= 11 is 0. The summed E-state index contributed by atoms with van der Waals surface area (Å²) in [5, 5.41) is 0. The smallest absolute Gasteiger partial charge is 0.350 e. The van der Waals surface area contributed by atoms with Crippen molar-refractivity contribution >= 4 is 5.97 Å². The highest BCUT2D eigenvalue weighted by Crippen LogP contribution is 2.05. The number of rotatable bonds is 0. The Bertz CT molecular complexity index is 195. The summed E-state index contributed by atoms with van der Waals surface area (Å²) in [6.45, 7) is 3.28. The number of hydrogen-bond donors (Lipinski definition) is 0. The van der Waals surface area contributed by atoms with Gasteiger partial charge in [0.25, 0.3) is 0 Å². The largest absolute Gasteiger partial charge is 0.430 e. The van der Waals surface area contributed by atoms with Crippen LogP contribution in [0.1, 0.15) is 0 Å². The van der Waals surface area contributed by atoms with Crippen molar-refractivity contribution in [2.45, 2.75) is 0 Å². The average Bonchev–Trinajstić information content (AvgIpc) is 2.14. The molecule has 1 aliphatic heterocycles. The van der Waals surface area contributed by atoms with E-state index in [0.717, 1.165) is 0 Å². The van der Waals surface area contributed by atoms with Crippen molar-refractivity contribution in [1.29, 1.82) is 0 Å². The molecule has 2 nitrogen and oxygen atoms in total. The van der Waals surface area contributed by atoms with Crippen LogP contribution in [-0.2, 0) is 9.53 Å². The molecule has 40 valence electrons. The fourth-order valence-electron chi connectivity index (χ4n) is 0.426. The summed E-state index contributed by atoms with van der Waals surface area (Å²) in [7, 11) is 0. The van der Waals surface area contributed by atoms with E-state index >= 15 is 0 Å². The Morgan fingerprint density at radius 1 is 1.75 bits per heavy atom. The number of cyclic esters (lactones) is 1. The van der Waals surface area contributed by atoms with Crippen LogP contribution < -0.4 is 0 Å². The molecule has 0 unspecified atom stereocenters. The molecular weight excluding hydrogens is 104 g/mol. The maximum atomic E-state index is 10.4. The van der Waals surface area contributed by atoms with Crippen molar-refractivity contribution in [3.63, 3.8) is 0 Å². The van der Waals surface area contributed by atoms with E-state index in [1.807, 2.05) is 0 Å². The van der Waals surface area contributed by atoms with Crippen LogP contribution in [0.5, 0.6) is 0 Å². The highest BCUT2D eigenvalue weighted by Gasteiger charge is 2.10. The molecule has 0 aromatic carbocycles. The summed E-state index contributed by atoms with van der Waals surface area (Å²) in [6.07, 6.45) is 2.84. The van der Waals surface area contributed by atoms with Crippen molar-refractivity contribution in [3.05, 3.63) is 30.2 Å². The van der Waals surface area contributed by atoms with Crippen LogP contribution in [0.15, 0.2) is 30.2 Å². The van der Waals surface area contributed by atoms with Crippen molar-refractivity contribution < 1.29 is 9.53 Å². The van der Waals surface area contributed by atoms with Crippen LogP contribution in [0.4, 0.5) is 0 Å². The van der Waals surface area contributed by atoms with Gasteiger partial charge in [-0.25, -0.2) is 4.79 Å². The Kier molecular flexibility index (Phi) is 1.03. The fraction of sp³-hybridized carbons (Fsp3) is 0. The first-order valence-corrected chi connectivity index (χ1v) is 2.12. The molecule has 0 amide bonds. The lowest BCUT2D eigenvalue weighted by Gasteiger charge is -1.82. The molecule has 8 heavy (non-hydrogen) atoms. The molecule has 0 N–H and O–H groups in total. The first-order chi connectivity index (χ1) is 3.84. The van der Waals surface area contributed by atoms with E-state index in [9.17, 15) is 4.79 Å². The van der Waals surface area contributed by atoms with Crippen molar-refractivity contribution in [3.8, 4) is 0 Å². The molecular formula is C6H4O2. The fourth-order valence-corrected chi connectivity index (χ4v) is 0.426. The minimum absolute atomic E-state index is 0.375. The number of ether oxygens (including phenoxy) is 1. The number of esters is 1. The third-order valence-corrected chi connectivity index (χ3v) is 0.820. The quantitative estimate of drug-likeness (QED) is 0.260. The predicted octanol–water partition coefficient (Wildman–Crippen LogP) is 0.768. The minimum Gasteiger partial charge on any atom is -0.430 e. The van der Waals surface area contributed by atoms with Gasteiger partial charge < -0.3 is 4.74 Å². The normalized spacial score (nSPS) is 16.0. The van der Waals surface area contributed by atoms with Crippen molar-refractivity contribution in [2.75, 3.05) is 0 Å². The zero-order valence-electron chi connectivity index (χ0n) is 4.18. The second kappa shape index (κ2) is 1.68. The van der Waals surface area contributed by atoms with Gasteiger partial charge in [0.1, 0.15) is 5.57 Å². The average molecular weight is 108 g/mol. The van der Waals surface area contributed by atoms with Crippen LogP contribution in [-0.4, -0.2) is 5.97 Å². The molecule has 1 aliphatic rings. The molecule has 1 rings (SSSR count). The molecule has 0 aromatic heterocycles. The molecule has 0 bridgehead atoms. The SMILES string of the molecule is C=C=C1C=COC1=O. The van der Waals surface area contributed by atoms with Gasteiger partial charge in [-0.2, -0.15) is 0 Å². The maximum Gasteiger partial charge on any atom is 0.350 e. The number of carbonyl (C=O) groups is 1. The van der Waals surface area contributed by atoms with Gasteiger partial charge in [0, 0.05) is 0 Å². The Morgan fingerprint density at radius 2 is 2.50 bits per heavy atom. The lowest BCUT2D eigenvalue weighted by molar-refractivity contribution is -0.132. The lowest BCUT2D eigenvalue weighted by Crippen LogP contribution is -1.92. The van der Waals surface area contributed by atoms with Crippen LogP contribution in [0.3, 0.4) is 0 Å². The summed E-state index contributed by atoms with van der Waals surface area (Å²) in [6, 6.07) is 0. The van der Waals surface area contributed by atoms with Gasteiger partial charge >= 0.3 is 5.97 Å². The van der Waals surface area contributed by atoms with E-state index in [2.05, 4.69) is 17.0 Å². The molecule has 0 saturated heterocycles. The van der Waals surface area contributed by atoms with E-state index in [-0.39, 0.29) is 5.97 Å². The topological polar surface area (TPSA) is 26.3 Å². The maximum absolute atomic E-state index is 10.4. The Hall–Kier alpha value is -1.27. The molecule has 0 fully saturated rings. The highest BCUT2D eigenvalue weighted by molar-refractivity contribution is 5.93. The summed E-state index contributed by atoms with van der Waals surface area (Å²) in [4.78, 5) is 10.4. The molecule has 0 saturated carbocycles. The molecule has 0 aromatic rings. The van der Waals surface area contributed by atoms with Gasteiger partial charge in [0.05, 0.1) is 6.26 Å². The van der Waals surface area contributed by atoms with Gasteiger partial charge in [-0.1, -0.05) is 6.58 Å². The van der Waals surface area contributed by atoms with E-state index in [1.165, 1.54) is 12.3 Å². The Balaban J connectivity index is 2.99. The van der Waals surface area contributed by atoms with Crippen molar-refractivity contribution in [2.24, 2.45) is 0 Å². The number of carbonyl (C=O) groups excluding carboxylic acids is 1.